The molecule has 2 aliphatic carbocycles. The van der Waals surface area contributed by atoms with Gasteiger partial charge in [-0.05, 0) is 47.9 Å². The summed E-state index contributed by atoms with van der Waals surface area (Å²) in [5.41, 5.74) is 1.50. The van der Waals surface area contributed by atoms with Crippen LogP contribution in [-0.4, -0.2) is 30.9 Å². The lowest BCUT2D eigenvalue weighted by molar-refractivity contribution is -0.137. The molecule has 0 amide bonds. The molecule has 0 radical (unpaired) electrons. The summed E-state index contributed by atoms with van der Waals surface area (Å²) < 4.78 is 11.1. The van der Waals surface area contributed by atoms with Gasteiger partial charge in [0.25, 0.3) is 0 Å². The molecule has 27 heavy (non-hydrogen) atoms. The highest BCUT2D eigenvalue weighted by molar-refractivity contribution is 9.10. The Kier molecular flexibility index (Phi) is 4.23. The lowest BCUT2D eigenvalue weighted by atomic mass is 10.00. The van der Waals surface area contributed by atoms with Crippen LogP contribution < -0.4 is 10.4 Å². The number of ketones is 1. The SMILES string of the molecule is CCOC(=O)C1=c2cc3ccc(Br)c4c3c(c2=C(C(=O)OCC)C1=O)C=C4. The van der Waals surface area contributed by atoms with Gasteiger partial charge in [-0.1, -0.05) is 34.1 Å². The first-order valence-electron chi connectivity index (χ1n) is 8.60. The number of esters is 2. The maximum atomic E-state index is 13.0. The highest BCUT2D eigenvalue weighted by Gasteiger charge is 2.36. The summed E-state index contributed by atoms with van der Waals surface area (Å²) in [6, 6.07) is 5.60. The summed E-state index contributed by atoms with van der Waals surface area (Å²) in [6.45, 7) is 3.61. The fourth-order valence-corrected chi connectivity index (χ4v) is 4.12. The van der Waals surface area contributed by atoms with Crippen molar-refractivity contribution in [3.8, 4) is 0 Å². The number of benzene rings is 2. The lowest BCUT2D eigenvalue weighted by Gasteiger charge is -2.06. The Bertz CT molecular complexity index is 1200. The van der Waals surface area contributed by atoms with E-state index < -0.39 is 17.7 Å². The number of rotatable bonds is 4. The molecular formula is C21H15BrO5. The smallest absolute Gasteiger partial charge is 0.342 e. The van der Waals surface area contributed by atoms with Crippen molar-refractivity contribution in [2.45, 2.75) is 13.8 Å². The van der Waals surface area contributed by atoms with Crippen LogP contribution in [0.1, 0.15) is 25.0 Å². The third-order valence-corrected chi connectivity index (χ3v) is 5.37. The third-order valence-electron chi connectivity index (χ3n) is 4.68. The molecule has 4 rings (SSSR count). The molecular weight excluding hydrogens is 412 g/mol. The minimum Gasteiger partial charge on any atom is -0.462 e. The number of ether oxygens (including phenoxy) is 2. The van der Waals surface area contributed by atoms with E-state index in [0.29, 0.717) is 10.4 Å². The van der Waals surface area contributed by atoms with Gasteiger partial charge in [0.15, 0.2) is 0 Å². The Balaban J connectivity index is 2.19. The van der Waals surface area contributed by atoms with Crippen LogP contribution in [0.2, 0.25) is 0 Å². The van der Waals surface area contributed by atoms with Gasteiger partial charge in [-0.3, -0.25) is 4.79 Å². The van der Waals surface area contributed by atoms with Crippen molar-refractivity contribution in [2.75, 3.05) is 13.2 Å². The molecule has 2 aliphatic rings. The zero-order valence-corrected chi connectivity index (χ0v) is 16.3. The van der Waals surface area contributed by atoms with Crippen LogP contribution in [0.5, 0.6) is 0 Å². The maximum Gasteiger partial charge on any atom is 0.342 e. The Morgan fingerprint density at radius 2 is 1.59 bits per heavy atom. The first-order valence-corrected chi connectivity index (χ1v) is 9.39. The molecule has 0 bridgehead atoms. The largest absolute Gasteiger partial charge is 0.462 e. The average molecular weight is 427 g/mol. The second-order valence-electron chi connectivity index (χ2n) is 6.13. The first kappa shape index (κ1) is 17.7. The van der Waals surface area contributed by atoms with Gasteiger partial charge >= 0.3 is 11.9 Å². The van der Waals surface area contributed by atoms with E-state index in [1.54, 1.807) is 19.9 Å². The third kappa shape index (κ3) is 2.47. The molecule has 0 atom stereocenters. The molecule has 0 fully saturated rings. The highest BCUT2D eigenvalue weighted by atomic mass is 79.9. The van der Waals surface area contributed by atoms with E-state index in [-0.39, 0.29) is 24.4 Å². The molecule has 0 aromatic heterocycles. The number of carbonyl (C=O) groups excluding carboxylic acids is 3. The van der Waals surface area contributed by atoms with Crippen molar-refractivity contribution in [1.29, 1.82) is 0 Å². The van der Waals surface area contributed by atoms with Crippen LogP contribution in [0.15, 0.2) is 22.7 Å². The molecule has 6 heteroatoms. The zero-order chi connectivity index (χ0) is 19.3. The number of Topliss-reactive ketones (excluding diaryl/α,β-unsaturated/α-hetero) is 1. The van der Waals surface area contributed by atoms with Gasteiger partial charge in [0.1, 0.15) is 11.1 Å². The Morgan fingerprint density at radius 1 is 0.963 bits per heavy atom. The number of halogens is 1. The maximum absolute atomic E-state index is 13.0. The molecule has 0 spiro atoms. The van der Waals surface area contributed by atoms with E-state index in [2.05, 4.69) is 15.9 Å². The molecule has 2 aromatic carbocycles. The zero-order valence-electron chi connectivity index (χ0n) is 14.7. The molecule has 0 saturated carbocycles. The second kappa shape index (κ2) is 6.46. The van der Waals surface area contributed by atoms with Crippen molar-refractivity contribution in [3.63, 3.8) is 0 Å². The molecule has 0 unspecified atom stereocenters. The summed E-state index contributed by atoms with van der Waals surface area (Å²) in [5, 5.41) is 2.68. The summed E-state index contributed by atoms with van der Waals surface area (Å²) in [7, 11) is 0. The molecule has 0 heterocycles. The van der Waals surface area contributed by atoms with Crippen molar-refractivity contribution in [3.05, 3.63) is 44.2 Å². The van der Waals surface area contributed by atoms with Crippen LogP contribution in [0.4, 0.5) is 0 Å². The molecule has 2 aromatic rings. The van der Waals surface area contributed by atoms with Gasteiger partial charge in [-0.25, -0.2) is 9.59 Å². The fraction of sp³-hybridized carbons (Fsp3) is 0.190. The van der Waals surface area contributed by atoms with Crippen LogP contribution >= 0.6 is 15.9 Å². The predicted molar refractivity (Wildman–Crippen MR) is 105 cm³/mol. The van der Waals surface area contributed by atoms with Gasteiger partial charge in [-0.2, -0.15) is 0 Å². The molecule has 5 nitrogen and oxygen atoms in total. The first-order chi connectivity index (χ1) is 13.0. The van der Waals surface area contributed by atoms with Gasteiger partial charge in [0, 0.05) is 14.9 Å². The fourth-order valence-electron chi connectivity index (χ4n) is 3.66. The average Bonchev–Trinajstić information content (AvgIpc) is 3.18. The van der Waals surface area contributed by atoms with Gasteiger partial charge < -0.3 is 9.47 Å². The van der Waals surface area contributed by atoms with Crippen LogP contribution in [-0.2, 0) is 23.9 Å². The monoisotopic (exact) mass is 426 g/mol. The number of hydrogen-bond donors (Lipinski definition) is 0. The van der Waals surface area contributed by atoms with Gasteiger partial charge in [0.2, 0.25) is 5.78 Å². The second-order valence-corrected chi connectivity index (χ2v) is 6.98. The summed E-state index contributed by atoms with van der Waals surface area (Å²) in [4.78, 5) is 38.0. The minimum absolute atomic E-state index is 0.107. The molecule has 0 N–H and O–H groups in total. The summed E-state index contributed by atoms with van der Waals surface area (Å²) in [5.74, 6) is -2.10. The van der Waals surface area contributed by atoms with Crippen LogP contribution in [0.3, 0.4) is 0 Å². The number of carbonyl (C=O) groups is 3. The summed E-state index contributed by atoms with van der Waals surface area (Å²) >= 11 is 3.53. The van der Waals surface area contributed by atoms with Crippen molar-refractivity contribution in [2.24, 2.45) is 0 Å². The van der Waals surface area contributed by atoms with E-state index >= 15 is 0 Å². The highest BCUT2D eigenvalue weighted by Crippen LogP contribution is 2.34. The van der Waals surface area contributed by atoms with Crippen molar-refractivity contribution >= 4 is 67.7 Å². The Hall–Kier alpha value is -2.73. The van der Waals surface area contributed by atoms with E-state index in [1.165, 1.54) is 0 Å². The van der Waals surface area contributed by atoms with E-state index in [4.69, 9.17) is 9.47 Å². The van der Waals surface area contributed by atoms with E-state index in [1.807, 2.05) is 24.3 Å². The Labute approximate surface area is 163 Å². The van der Waals surface area contributed by atoms with Crippen molar-refractivity contribution in [1.82, 2.24) is 0 Å². The molecule has 0 saturated heterocycles. The molecule has 0 aliphatic heterocycles. The normalized spacial score (nSPS) is 14.1. The predicted octanol–water partition coefficient (Wildman–Crippen LogP) is 2.10. The van der Waals surface area contributed by atoms with E-state index in [0.717, 1.165) is 26.4 Å². The Morgan fingerprint density at radius 3 is 2.26 bits per heavy atom. The number of fused-ring (bicyclic) bond motifs is 2. The summed E-state index contributed by atoms with van der Waals surface area (Å²) in [6.07, 6.45) is 3.79. The van der Waals surface area contributed by atoms with Gasteiger partial charge in [0.05, 0.1) is 13.2 Å². The standard InChI is InChI=1S/C21H15BrO5/c1-3-26-20(24)17-13-9-10-5-8-14(22)11-6-7-12(15(10)11)16(13)18(19(17)23)21(25)27-4-2/h5-9H,3-4H2,1-2H3. The van der Waals surface area contributed by atoms with E-state index in [9.17, 15) is 14.4 Å². The van der Waals surface area contributed by atoms with Crippen LogP contribution in [0, 0.1) is 0 Å². The quantitative estimate of drug-likeness (QED) is 0.597. The molecule has 136 valence electrons. The number of hydrogen-bond acceptors (Lipinski definition) is 5. The minimum atomic E-state index is -0.728. The van der Waals surface area contributed by atoms with Gasteiger partial charge in [-0.15, -0.1) is 0 Å². The lowest BCUT2D eigenvalue weighted by Crippen LogP contribution is -2.30. The van der Waals surface area contributed by atoms with Crippen molar-refractivity contribution < 1.29 is 23.9 Å². The topological polar surface area (TPSA) is 69.7 Å². The van der Waals surface area contributed by atoms with Crippen LogP contribution in [0.25, 0.3) is 34.1 Å².